The quantitative estimate of drug-likeness (QED) is 0.159. The van der Waals surface area contributed by atoms with Crippen LogP contribution in [0.4, 0.5) is 0 Å². The third-order valence-electron chi connectivity index (χ3n) is 0.293. The second-order valence-corrected chi connectivity index (χ2v) is 1.21. The predicted molar refractivity (Wildman–Crippen MR) is 14.7 cm³/mol. The molecule has 3 heteroatoms. The van der Waals surface area contributed by atoms with E-state index in [1.54, 1.807) is 0 Å². The number of alkyl halides is 1. The second kappa shape index (κ2) is 0.578. The maximum absolute atomic E-state index is 5.22. The Balaban J connectivity index is 2.17. The van der Waals surface area contributed by atoms with Crippen molar-refractivity contribution in [1.29, 1.82) is 0 Å². The van der Waals surface area contributed by atoms with Crippen LogP contribution in [-0.2, 0) is 0 Å². The molecule has 1 saturated heterocycles. The Morgan fingerprint density at radius 3 is 2.25 bits per heavy atom. The number of rotatable bonds is 0. The SMILES string of the molecule is ClC1N[NH2+]1. The highest BCUT2D eigenvalue weighted by atomic mass is 35.5. The van der Waals surface area contributed by atoms with Gasteiger partial charge in [-0.15, -0.1) is 0 Å². The number of halogens is 1. The maximum atomic E-state index is 5.22. The van der Waals surface area contributed by atoms with E-state index in [9.17, 15) is 0 Å². The summed E-state index contributed by atoms with van der Waals surface area (Å²) in [7, 11) is 0. The molecule has 1 rings (SSSR count). The molecule has 24 valence electrons. The van der Waals surface area contributed by atoms with Gasteiger partial charge < -0.3 is 0 Å². The molecule has 0 aromatic rings. The summed E-state index contributed by atoms with van der Waals surface area (Å²) in [4.78, 5) is 0. The van der Waals surface area contributed by atoms with E-state index in [0.717, 1.165) is 0 Å². The fraction of sp³-hybridized carbons (Fsp3) is 1.00. The van der Waals surface area contributed by atoms with E-state index in [4.69, 9.17) is 11.6 Å². The number of quaternary nitrogens is 1. The summed E-state index contributed by atoms with van der Waals surface area (Å²) in [5.41, 5.74) is 4.73. The van der Waals surface area contributed by atoms with Gasteiger partial charge in [-0.25, -0.2) is 5.43 Å². The molecule has 1 aliphatic heterocycles. The molecule has 4 heavy (non-hydrogen) atoms. The van der Waals surface area contributed by atoms with Crippen molar-refractivity contribution < 1.29 is 5.43 Å². The molecule has 2 nitrogen and oxygen atoms in total. The molecule has 0 spiro atoms. The second-order valence-electron chi connectivity index (χ2n) is 0.735. The minimum Gasteiger partial charge on any atom is -0.231 e. The molecule has 0 radical (unpaired) electrons. The minimum absolute atomic E-state index is 0.181. The van der Waals surface area contributed by atoms with E-state index in [1.807, 2.05) is 5.43 Å². The van der Waals surface area contributed by atoms with Crippen LogP contribution in [-0.4, -0.2) is 5.62 Å². The van der Waals surface area contributed by atoms with Gasteiger partial charge in [-0.05, 0) is 11.6 Å². The third-order valence-corrected chi connectivity index (χ3v) is 0.545. The standard InChI is InChI=1S/CH3ClN2/c2-1-3-4-1/h1,3-4H/p+1. The van der Waals surface area contributed by atoms with Gasteiger partial charge in [0.15, 0.2) is 0 Å². The minimum atomic E-state index is 0.181. The first-order chi connectivity index (χ1) is 1.89. The van der Waals surface area contributed by atoms with E-state index < -0.39 is 0 Å². The van der Waals surface area contributed by atoms with Crippen molar-refractivity contribution in [2.75, 3.05) is 0 Å². The predicted octanol–water partition coefficient (Wildman–Crippen LogP) is -1.41. The average molecular weight is 79.5 g/mol. The van der Waals surface area contributed by atoms with Crippen LogP contribution >= 0.6 is 11.6 Å². The Morgan fingerprint density at radius 2 is 2.25 bits per heavy atom. The topological polar surface area (TPSA) is 38.5 Å². The van der Waals surface area contributed by atoms with Crippen LogP contribution in [0.15, 0.2) is 0 Å². The molecule has 1 atom stereocenters. The van der Waals surface area contributed by atoms with Crippen molar-refractivity contribution in [1.82, 2.24) is 5.43 Å². The molecule has 1 aliphatic rings. The third kappa shape index (κ3) is 0.314. The summed E-state index contributed by atoms with van der Waals surface area (Å²) in [5, 5.41) is 0. The molecule has 0 bridgehead atoms. The molecule has 0 aliphatic carbocycles. The molecular weight excluding hydrogens is 75.5 g/mol. The molecular formula is CH4ClN2+. The van der Waals surface area contributed by atoms with Gasteiger partial charge in [-0.3, -0.25) is 0 Å². The van der Waals surface area contributed by atoms with Gasteiger partial charge in [0.05, 0.1) is 0 Å². The fourth-order valence-electron chi connectivity index (χ4n) is 0.0364. The summed E-state index contributed by atoms with van der Waals surface area (Å²) in [6, 6.07) is 0. The summed E-state index contributed by atoms with van der Waals surface area (Å²) < 4.78 is 0. The summed E-state index contributed by atoms with van der Waals surface area (Å²) in [5.74, 6) is 0. The van der Waals surface area contributed by atoms with Crippen molar-refractivity contribution >= 4 is 11.6 Å². The smallest absolute Gasteiger partial charge is 0.231 e. The van der Waals surface area contributed by atoms with Gasteiger partial charge >= 0.3 is 0 Å². The van der Waals surface area contributed by atoms with Crippen molar-refractivity contribution in [3.63, 3.8) is 0 Å². The number of nitrogens with two attached hydrogens (primary N) is 1. The van der Waals surface area contributed by atoms with Gasteiger partial charge in [0.1, 0.15) is 0 Å². The van der Waals surface area contributed by atoms with Crippen molar-refractivity contribution in [3.05, 3.63) is 0 Å². The fourth-order valence-corrected chi connectivity index (χ4v) is 0.109. The lowest BCUT2D eigenvalue weighted by Gasteiger charge is -1.38. The van der Waals surface area contributed by atoms with E-state index in [-0.39, 0.29) is 5.62 Å². The van der Waals surface area contributed by atoms with Crippen LogP contribution in [0.1, 0.15) is 0 Å². The molecule has 1 unspecified atom stereocenters. The first kappa shape index (κ1) is 2.45. The lowest BCUT2D eigenvalue weighted by molar-refractivity contribution is -0.517. The van der Waals surface area contributed by atoms with Gasteiger partial charge in [0, 0.05) is 0 Å². The zero-order valence-electron chi connectivity index (χ0n) is 2.03. The Labute approximate surface area is 29.1 Å². The van der Waals surface area contributed by atoms with Crippen molar-refractivity contribution in [3.8, 4) is 0 Å². The van der Waals surface area contributed by atoms with E-state index in [2.05, 4.69) is 5.43 Å². The zero-order valence-corrected chi connectivity index (χ0v) is 2.79. The van der Waals surface area contributed by atoms with E-state index in [1.165, 1.54) is 0 Å². The van der Waals surface area contributed by atoms with Crippen LogP contribution in [0.3, 0.4) is 0 Å². The Bertz CT molecular complexity index is 25.2. The van der Waals surface area contributed by atoms with E-state index >= 15 is 0 Å². The lowest BCUT2D eigenvalue weighted by Crippen LogP contribution is -2.62. The summed E-state index contributed by atoms with van der Waals surface area (Å²) >= 11 is 5.22. The van der Waals surface area contributed by atoms with Gasteiger partial charge in [-0.2, -0.15) is 0 Å². The normalized spacial score (nSPS) is 39.8. The molecule has 0 aromatic heterocycles. The average Bonchev–Trinajstić information content (AvgIpc) is 1.75. The number of nitrogens with one attached hydrogen (secondary N) is 1. The molecule has 3 N–H and O–H groups in total. The molecule has 1 heterocycles. The lowest BCUT2D eigenvalue weighted by atomic mass is 11.4. The molecule has 0 amide bonds. The first-order valence-electron chi connectivity index (χ1n) is 1.13. The highest BCUT2D eigenvalue weighted by Gasteiger charge is 2.20. The van der Waals surface area contributed by atoms with Crippen molar-refractivity contribution in [2.45, 2.75) is 5.62 Å². The van der Waals surface area contributed by atoms with Gasteiger partial charge in [-0.1, -0.05) is 5.43 Å². The van der Waals surface area contributed by atoms with Gasteiger partial charge in [0.2, 0.25) is 0 Å². The van der Waals surface area contributed by atoms with Crippen LogP contribution in [0.25, 0.3) is 0 Å². The Kier molecular flexibility index (Phi) is 0.353. The highest BCUT2D eigenvalue weighted by Crippen LogP contribution is 1.75. The molecule has 1 fully saturated rings. The highest BCUT2D eigenvalue weighted by molar-refractivity contribution is 6.19. The van der Waals surface area contributed by atoms with Gasteiger partial charge in [0.25, 0.3) is 5.62 Å². The Morgan fingerprint density at radius 1 is 2.00 bits per heavy atom. The van der Waals surface area contributed by atoms with Crippen molar-refractivity contribution in [2.24, 2.45) is 0 Å². The van der Waals surface area contributed by atoms with E-state index in [0.29, 0.717) is 0 Å². The first-order valence-corrected chi connectivity index (χ1v) is 1.57. The zero-order chi connectivity index (χ0) is 2.99. The summed E-state index contributed by atoms with van der Waals surface area (Å²) in [6.07, 6.45) is 0. The van der Waals surface area contributed by atoms with Crippen LogP contribution in [0, 0.1) is 0 Å². The number of hydrogen-bond donors (Lipinski definition) is 2. The number of hydrogen-bond acceptors (Lipinski definition) is 1. The van der Waals surface area contributed by atoms with Crippen LogP contribution in [0.5, 0.6) is 0 Å². The molecule has 0 aromatic carbocycles. The van der Waals surface area contributed by atoms with Crippen LogP contribution < -0.4 is 10.9 Å². The Hall–Kier alpha value is 0.210. The maximum Gasteiger partial charge on any atom is 0.276 e. The largest absolute Gasteiger partial charge is 0.276 e. The monoisotopic (exact) mass is 79.0 g/mol. The summed E-state index contributed by atoms with van der Waals surface area (Å²) in [6.45, 7) is 0. The van der Waals surface area contributed by atoms with Crippen LogP contribution in [0.2, 0.25) is 0 Å². The molecule has 0 saturated carbocycles.